The number of aliphatic hydroxyl groups excluding tert-OH is 1. The van der Waals surface area contributed by atoms with E-state index in [9.17, 15) is 8.42 Å². The summed E-state index contributed by atoms with van der Waals surface area (Å²) < 4.78 is 25.5. The minimum absolute atomic E-state index is 0.0561. The first-order chi connectivity index (χ1) is 6.99. The molecule has 0 spiro atoms. The molecule has 0 bridgehead atoms. The molecule has 0 amide bonds. The predicted molar refractivity (Wildman–Crippen MR) is 60.1 cm³/mol. The van der Waals surface area contributed by atoms with Gasteiger partial charge in [0.25, 0.3) is 0 Å². The normalized spacial score (nSPS) is 23.9. The van der Waals surface area contributed by atoms with E-state index in [1.165, 1.54) is 0 Å². The zero-order chi connectivity index (χ0) is 11.5. The molecule has 1 rings (SSSR count). The van der Waals surface area contributed by atoms with Gasteiger partial charge < -0.3 is 5.11 Å². The van der Waals surface area contributed by atoms with Crippen LogP contribution in [0.15, 0.2) is 0 Å². The molecule has 0 aromatic heterocycles. The third-order valence-electron chi connectivity index (χ3n) is 2.94. The van der Waals surface area contributed by atoms with Crippen LogP contribution in [0, 0.1) is 5.92 Å². The molecule has 1 heterocycles. The highest BCUT2D eigenvalue weighted by atomic mass is 32.2. The van der Waals surface area contributed by atoms with Gasteiger partial charge in [-0.15, -0.1) is 0 Å². The Morgan fingerprint density at radius 3 is 2.67 bits per heavy atom. The molecule has 1 atom stereocenters. The Bertz CT molecular complexity index is 287. The largest absolute Gasteiger partial charge is 0.396 e. The van der Waals surface area contributed by atoms with Crippen molar-refractivity contribution in [3.8, 4) is 0 Å². The van der Waals surface area contributed by atoms with Crippen molar-refractivity contribution >= 4 is 10.0 Å². The summed E-state index contributed by atoms with van der Waals surface area (Å²) in [6.07, 6.45) is 2.26. The second-order valence-electron chi connectivity index (χ2n) is 4.46. The summed E-state index contributed by atoms with van der Waals surface area (Å²) in [5.41, 5.74) is 0. The van der Waals surface area contributed by atoms with Crippen molar-refractivity contribution in [1.82, 2.24) is 4.31 Å². The second kappa shape index (κ2) is 5.27. The first-order valence-corrected chi connectivity index (χ1v) is 7.20. The van der Waals surface area contributed by atoms with E-state index < -0.39 is 10.0 Å². The molecule has 15 heavy (non-hydrogen) atoms. The van der Waals surface area contributed by atoms with Crippen molar-refractivity contribution in [2.75, 3.05) is 18.9 Å². The molecule has 0 aromatic rings. The number of aliphatic hydroxyl groups is 1. The van der Waals surface area contributed by atoms with Gasteiger partial charge in [-0.3, -0.25) is 0 Å². The Labute approximate surface area is 92.3 Å². The molecule has 4 nitrogen and oxygen atoms in total. The molecule has 90 valence electrons. The van der Waals surface area contributed by atoms with Crippen LogP contribution in [0.1, 0.15) is 33.1 Å². The van der Waals surface area contributed by atoms with E-state index in [4.69, 9.17) is 5.11 Å². The highest BCUT2D eigenvalue weighted by molar-refractivity contribution is 7.89. The average molecular weight is 235 g/mol. The molecular formula is C10H21NO3S. The number of sulfonamides is 1. The molecule has 1 aliphatic heterocycles. The van der Waals surface area contributed by atoms with E-state index in [1.807, 2.05) is 0 Å². The molecule has 1 fully saturated rings. The summed E-state index contributed by atoms with van der Waals surface area (Å²) in [4.78, 5) is 0. The molecule has 0 aliphatic carbocycles. The van der Waals surface area contributed by atoms with E-state index in [-0.39, 0.29) is 18.4 Å². The van der Waals surface area contributed by atoms with Crippen molar-refractivity contribution < 1.29 is 13.5 Å². The topological polar surface area (TPSA) is 57.6 Å². The first kappa shape index (κ1) is 12.9. The third-order valence-corrected chi connectivity index (χ3v) is 4.91. The Hall–Kier alpha value is -0.130. The van der Waals surface area contributed by atoms with E-state index in [1.54, 1.807) is 4.31 Å². The van der Waals surface area contributed by atoms with Crippen LogP contribution in [0.5, 0.6) is 0 Å². The lowest BCUT2D eigenvalue weighted by molar-refractivity contribution is 0.289. The van der Waals surface area contributed by atoms with Crippen LogP contribution in [0.3, 0.4) is 0 Å². The van der Waals surface area contributed by atoms with Crippen LogP contribution < -0.4 is 0 Å². The summed E-state index contributed by atoms with van der Waals surface area (Å²) in [7, 11) is -3.14. The third kappa shape index (κ3) is 3.16. The lowest BCUT2D eigenvalue weighted by Gasteiger charge is -2.26. The minimum atomic E-state index is -3.14. The first-order valence-electron chi connectivity index (χ1n) is 5.59. The minimum Gasteiger partial charge on any atom is -0.396 e. The van der Waals surface area contributed by atoms with Crippen molar-refractivity contribution in [2.45, 2.75) is 39.2 Å². The van der Waals surface area contributed by atoms with E-state index in [0.29, 0.717) is 18.9 Å². The number of nitrogens with zero attached hydrogens (tertiary/aromatic N) is 1. The van der Waals surface area contributed by atoms with Gasteiger partial charge in [0.2, 0.25) is 10.0 Å². The Balaban J connectivity index is 2.69. The van der Waals surface area contributed by atoms with Crippen LogP contribution in [0.2, 0.25) is 0 Å². The van der Waals surface area contributed by atoms with Gasteiger partial charge in [0, 0.05) is 19.2 Å². The van der Waals surface area contributed by atoms with Crippen molar-refractivity contribution in [1.29, 1.82) is 0 Å². The number of hydrogen-bond donors (Lipinski definition) is 1. The van der Waals surface area contributed by atoms with Gasteiger partial charge in [-0.05, 0) is 25.2 Å². The smallest absolute Gasteiger partial charge is 0.214 e. The molecule has 5 heteroatoms. The van der Waals surface area contributed by atoms with Gasteiger partial charge >= 0.3 is 0 Å². The van der Waals surface area contributed by atoms with Gasteiger partial charge in [-0.1, -0.05) is 13.8 Å². The van der Waals surface area contributed by atoms with E-state index in [2.05, 4.69) is 13.8 Å². The summed E-state index contributed by atoms with van der Waals surface area (Å²) in [6.45, 7) is 4.71. The van der Waals surface area contributed by atoms with Crippen LogP contribution in [-0.4, -0.2) is 42.8 Å². The summed E-state index contributed by atoms with van der Waals surface area (Å²) in [5, 5.41) is 8.66. The summed E-state index contributed by atoms with van der Waals surface area (Å²) in [5.74, 6) is 0.448. The van der Waals surface area contributed by atoms with Crippen LogP contribution in [0.25, 0.3) is 0 Å². The van der Waals surface area contributed by atoms with Gasteiger partial charge in [-0.25, -0.2) is 8.42 Å². The Morgan fingerprint density at radius 1 is 1.47 bits per heavy atom. The fraction of sp³-hybridized carbons (Fsp3) is 1.00. The Morgan fingerprint density at radius 2 is 2.13 bits per heavy atom. The monoisotopic (exact) mass is 235 g/mol. The van der Waals surface area contributed by atoms with Crippen molar-refractivity contribution in [2.24, 2.45) is 5.92 Å². The lowest BCUT2D eigenvalue weighted by Crippen LogP contribution is -2.39. The van der Waals surface area contributed by atoms with Gasteiger partial charge in [-0.2, -0.15) is 4.31 Å². The van der Waals surface area contributed by atoms with Crippen LogP contribution in [0.4, 0.5) is 0 Å². The quantitative estimate of drug-likeness (QED) is 0.767. The van der Waals surface area contributed by atoms with Crippen molar-refractivity contribution in [3.05, 3.63) is 0 Å². The van der Waals surface area contributed by atoms with E-state index in [0.717, 1.165) is 12.8 Å². The van der Waals surface area contributed by atoms with Gasteiger partial charge in [0.05, 0.1) is 5.75 Å². The average Bonchev–Trinajstić information content (AvgIpc) is 2.63. The molecule has 0 radical (unpaired) electrons. The lowest BCUT2D eigenvalue weighted by atomic mass is 10.0. The maximum Gasteiger partial charge on any atom is 0.214 e. The molecule has 0 aromatic carbocycles. The highest BCUT2D eigenvalue weighted by Gasteiger charge is 2.35. The van der Waals surface area contributed by atoms with Crippen molar-refractivity contribution in [3.63, 3.8) is 0 Å². The number of hydrogen-bond acceptors (Lipinski definition) is 3. The maximum absolute atomic E-state index is 11.9. The fourth-order valence-electron chi connectivity index (χ4n) is 2.14. The zero-order valence-electron chi connectivity index (χ0n) is 9.52. The molecule has 1 unspecified atom stereocenters. The summed E-state index contributed by atoms with van der Waals surface area (Å²) in [6, 6.07) is 0.161. The highest BCUT2D eigenvalue weighted by Crippen LogP contribution is 2.26. The predicted octanol–water partition coefficient (Wildman–Crippen LogP) is 0.819. The van der Waals surface area contributed by atoms with Crippen LogP contribution in [-0.2, 0) is 10.0 Å². The van der Waals surface area contributed by atoms with Gasteiger partial charge in [0.15, 0.2) is 0 Å². The molecule has 0 saturated carbocycles. The van der Waals surface area contributed by atoms with E-state index >= 15 is 0 Å². The molecular weight excluding hydrogens is 214 g/mol. The Kier molecular flexibility index (Phi) is 4.55. The fourth-order valence-corrected chi connectivity index (χ4v) is 4.04. The van der Waals surface area contributed by atoms with Gasteiger partial charge in [0.1, 0.15) is 0 Å². The molecule has 1 aliphatic rings. The number of rotatable bonds is 5. The standard InChI is InChI=1S/C10H21NO3S/c1-9(2)10-5-3-6-11(10)15(13,14)8-4-7-12/h9-10,12H,3-8H2,1-2H3. The second-order valence-corrected chi connectivity index (χ2v) is 6.50. The maximum atomic E-state index is 11.9. The SMILES string of the molecule is CC(C)C1CCCN1S(=O)(=O)CCCO. The van der Waals surface area contributed by atoms with Crippen LogP contribution >= 0.6 is 0 Å². The molecule has 1 N–H and O–H groups in total. The molecule has 1 saturated heterocycles. The summed E-state index contributed by atoms with van der Waals surface area (Å²) >= 11 is 0. The zero-order valence-corrected chi connectivity index (χ0v) is 10.3.